The highest BCUT2D eigenvalue weighted by Crippen LogP contribution is 2.35. The minimum absolute atomic E-state index is 0.297. The molecule has 1 aliphatic heterocycles. The van der Waals surface area contributed by atoms with Crippen molar-refractivity contribution in [1.29, 1.82) is 0 Å². The molecule has 25 heavy (non-hydrogen) atoms. The van der Waals surface area contributed by atoms with Crippen molar-refractivity contribution in [3.05, 3.63) is 59.9 Å². The highest BCUT2D eigenvalue weighted by atomic mass is 19.1. The van der Waals surface area contributed by atoms with Gasteiger partial charge in [-0.15, -0.1) is 0 Å². The van der Waals surface area contributed by atoms with Gasteiger partial charge in [-0.2, -0.15) is 0 Å². The zero-order chi connectivity index (χ0) is 17.7. The Kier molecular flexibility index (Phi) is 5.71. The number of aliphatic hydroxyl groups is 1. The number of hydrogen-bond donors (Lipinski definition) is 1. The normalized spacial score (nSPS) is 17.9. The van der Waals surface area contributed by atoms with Crippen LogP contribution < -0.4 is 4.74 Å². The number of rotatable bonds is 6. The first-order valence-corrected chi connectivity index (χ1v) is 9.02. The summed E-state index contributed by atoms with van der Waals surface area (Å²) in [5.41, 5.74) is -0.218. The third kappa shape index (κ3) is 4.80. The van der Waals surface area contributed by atoms with E-state index in [0.717, 1.165) is 25.2 Å². The molecule has 2 aromatic carbocycles. The zero-order valence-corrected chi connectivity index (χ0v) is 14.7. The van der Waals surface area contributed by atoms with Crippen molar-refractivity contribution in [3.8, 4) is 11.5 Å². The molecule has 0 amide bonds. The topological polar surface area (TPSA) is 32.7 Å². The molecule has 4 heteroatoms. The Hall–Kier alpha value is -1.91. The Morgan fingerprint density at radius 1 is 1.04 bits per heavy atom. The van der Waals surface area contributed by atoms with Crippen molar-refractivity contribution in [2.24, 2.45) is 0 Å². The number of halogens is 1. The molecule has 0 bridgehead atoms. The molecule has 1 N–H and O–H groups in total. The number of piperidine rings is 1. The van der Waals surface area contributed by atoms with Crippen LogP contribution in [0.15, 0.2) is 48.5 Å². The number of ether oxygens (including phenoxy) is 1. The molecule has 3 nitrogen and oxygen atoms in total. The molecule has 1 aliphatic rings. The van der Waals surface area contributed by atoms with Gasteiger partial charge in [-0.05, 0) is 69.6 Å². The number of benzene rings is 2. The van der Waals surface area contributed by atoms with Crippen molar-refractivity contribution >= 4 is 0 Å². The second-order valence-electron chi connectivity index (χ2n) is 6.98. The van der Waals surface area contributed by atoms with Crippen LogP contribution in [0.5, 0.6) is 11.5 Å². The van der Waals surface area contributed by atoms with E-state index in [4.69, 9.17) is 4.74 Å². The van der Waals surface area contributed by atoms with Crippen LogP contribution in [0.4, 0.5) is 4.39 Å². The largest absolute Gasteiger partial charge is 0.457 e. The molecule has 0 aliphatic carbocycles. The molecule has 1 unspecified atom stereocenters. The van der Waals surface area contributed by atoms with Crippen molar-refractivity contribution in [2.75, 3.05) is 19.6 Å². The maximum absolute atomic E-state index is 13.1. The first kappa shape index (κ1) is 17.9. The summed E-state index contributed by atoms with van der Waals surface area (Å²) in [5, 5.41) is 11.1. The Bertz CT molecular complexity index is 679. The van der Waals surface area contributed by atoms with Crippen molar-refractivity contribution in [3.63, 3.8) is 0 Å². The molecular formula is C21H26FNO2. The van der Waals surface area contributed by atoms with E-state index in [0.29, 0.717) is 17.9 Å². The zero-order valence-electron chi connectivity index (χ0n) is 14.7. The lowest BCUT2D eigenvalue weighted by Gasteiger charge is -2.31. The summed E-state index contributed by atoms with van der Waals surface area (Å²) >= 11 is 0. The fourth-order valence-electron chi connectivity index (χ4n) is 3.32. The summed E-state index contributed by atoms with van der Waals surface area (Å²) in [6.07, 6.45) is 4.44. The Balaban J connectivity index is 1.72. The van der Waals surface area contributed by atoms with Gasteiger partial charge in [-0.3, -0.25) is 0 Å². The third-order valence-electron chi connectivity index (χ3n) is 4.87. The molecule has 0 aromatic heterocycles. The molecular weight excluding hydrogens is 317 g/mol. The fourth-order valence-corrected chi connectivity index (χ4v) is 3.32. The number of nitrogens with zero attached hydrogens (tertiary/aromatic N) is 1. The molecule has 1 heterocycles. The van der Waals surface area contributed by atoms with Crippen LogP contribution in [-0.2, 0) is 5.60 Å². The first-order valence-electron chi connectivity index (χ1n) is 9.02. The fraction of sp³-hybridized carbons (Fsp3) is 0.429. The molecule has 0 radical (unpaired) electrons. The van der Waals surface area contributed by atoms with E-state index < -0.39 is 5.60 Å². The van der Waals surface area contributed by atoms with Gasteiger partial charge in [0.15, 0.2) is 0 Å². The SMILES string of the molecule is CC(O)(CCN1CCCCC1)c1ccccc1Oc1ccc(F)cc1. The van der Waals surface area contributed by atoms with E-state index in [-0.39, 0.29) is 5.82 Å². The molecule has 134 valence electrons. The molecule has 0 saturated carbocycles. The van der Waals surface area contributed by atoms with Crippen LogP contribution in [0, 0.1) is 5.82 Å². The van der Waals surface area contributed by atoms with Crippen molar-refractivity contribution in [1.82, 2.24) is 4.90 Å². The smallest absolute Gasteiger partial charge is 0.133 e. The summed E-state index contributed by atoms with van der Waals surface area (Å²) in [5.74, 6) is 0.868. The van der Waals surface area contributed by atoms with E-state index in [1.165, 1.54) is 31.4 Å². The van der Waals surface area contributed by atoms with Gasteiger partial charge in [0.1, 0.15) is 17.3 Å². The minimum atomic E-state index is -0.978. The average molecular weight is 343 g/mol. The lowest BCUT2D eigenvalue weighted by atomic mass is 9.91. The summed E-state index contributed by atoms with van der Waals surface area (Å²) in [4.78, 5) is 2.42. The Morgan fingerprint density at radius 3 is 2.44 bits per heavy atom. The van der Waals surface area contributed by atoms with E-state index in [2.05, 4.69) is 4.90 Å². The van der Waals surface area contributed by atoms with Gasteiger partial charge in [-0.25, -0.2) is 4.39 Å². The predicted molar refractivity (Wildman–Crippen MR) is 97.4 cm³/mol. The van der Waals surface area contributed by atoms with Gasteiger partial charge in [-0.1, -0.05) is 24.6 Å². The number of hydrogen-bond acceptors (Lipinski definition) is 3. The minimum Gasteiger partial charge on any atom is -0.457 e. The van der Waals surface area contributed by atoms with Crippen molar-refractivity contribution in [2.45, 2.75) is 38.2 Å². The number of likely N-dealkylation sites (tertiary alicyclic amines) is 1. The van der Waals surface area contributed by atoms with Crippen molar-refractivity contribution < 1.29 is 14.2 Å². The van der Waals surface area contributed by atoms with Gasteiger partial charge in [0.2, 0.25) is 0 Å². The molecule has 3 rings (SSSR count). The number of para-hydroxylation sites is 1. The summed E-state index contributed by atoms with van der Waals surface area (Å²) < 4.78 is 19.0. The van der Waals surface area contributed by atoms with E-state index in [1.807, 2.05) is 31.2 Å². The maximum Gasteiger partial charge on any atom is 0.133 e. The van der Waals surface area contributed by atoms with E-state index >= 15 is 0 Å². The van der Waals surface area contributed by atoms with Crippen LogP contribution in [0.3, 0.4) is 0 Å². The Labute approximate surface area is 149 Å². The summed E-state index contributed by atoms with van der Waals surface area (Å²) in [6, 6.07) is 13.4. The second kappa shape index (κ2) is 7.98. The van der Waals surface area contributed by atoms with Gasteiger partial charge < -0.3 is 14.7 Å². The predicted octanol–water partition coefficient (Wildman–Crippen LogP) is 4.70. The monoisotopic (exact) mass is 343 g/mol. The molecule has 1 saturated heterocycles. The van der Waals surface area contributed by atoms with Crippen LogP contribution in [0.2, 0.25) is 0 Å². The van der Waals surface area contributed by atoms with Crippen LogP contribution in [0.1, 0.15) is 38.2 Å². The Morgan fingerprint density at radius 2 is 1.72 bits per heavy atom. The molecule has 1 fully saturated rings. The highest BCUT2D eigenvalue weighted by Gasteiger charge is 2.28. The van der Waals surface area contributed by atoms with Crippen LogP contribution in [-0.4, -0.2) is 29.6 Å². The second-order valence-corrected chi connectivity index (χ2v) is 6.98. The highest BCUT2D eigenvalue weighted by molar-refractivity contribution is 5.41. The van der Waals surface area contributed by atoms with Crippen LogP contribution in [0.25, 0.3) is 0 Å². The molecule has 2 aromatic rings. The lowest BCUT2D eigenvalue weighted by Crippen LogP contribution is -2.35. The van der Waals surface area contributed by atoms with Gasteiger partial charge >= 0.3 is 0 Å². The molecule has 0 spiro atoms. The van der Waals surface area contributed by atoms with Gasteiger partial charge in [0.25, 0.3) is 0 Å². The van der Waals surface area contributed by atoms with Gasteiger partial charge in [0, 0.05) is 12.1 Å². The van der Waals surface area contributed by atoms with Gasteiger partial charge in [0.05, 0.1) is 5.60 Å². The quantitative estimate of drug-likeness (QED) is 0.825. The maximum atomic E-state index is 13.1. The standard InChI is InChI=1S/C21H26FNO2/c1-21(24,13-16-23-14-5-2-6-15-23)19-7-3-4-8-20(19)25-18-11-9-17(22)10-12-18/h3-4,7-12,24H,2,5-6,13-16H2,1H3. The lowest BCUT2D eigenvalue weighted by molar-refractivity contribution is 0.0319. The summed E-state index contributed by atoms with van der Waals surface area (Å²) in [7, 11) is 0. The average Bonchev–Trinajstić information content (AvgIpc) is 2.63. The molecule has 1 atom stereocenters. The van der Waals surface area contributed by atoms with E-state index in [9.17, 15) is 9.50 Å². The summed E-state index contributed by atoms with van der Waals surface area (Å²) in [6.45, 7) is 4.94. The van der Waals surface area contributed by atoms with Crippen LogP contribution >= 0.6 is 0 Å². The third-order valence-corrected chi connectivity index (χ3v) is 4.87. The first-order chi connectivity index (χ1) is 12.0. The van der Waals surface area contributed by atoms with E-state index in [1.54, 1.807) is 12.1 Å².